The summed E-state index contributed by atoms with van der Waals surface area (Å²) in [5.74, 6) is 0. The third-order valence-electron chi connectivity index (χ3n) is 3.32. The molecule has 1 saturated heterocycles. The highest BCUT2D eigenvalue weighted by molar-refractivity contribution is 5.51. The van der Waals surface area contributed by atoms with Gasteiger partial charge in [-0.25, -0.2) is 0 Å². The fraction of sp³-hybridized carbons (Fsp3) is 0.500. The van der Waals surface area contributed by atoms with Crippen molar-refractivity contribution in [3.05, 3.63) is 29.8 Å². The maximum atomic E-state index is 10.2. The summed E-state index contributed by atoms with van der Waals surface area (Å²) in [5.41, 5.74) is 0.968. The summed E-state index contributed by atoms with van der Waals surface area (Å²) in [6.45, 7) is 6.01. The number of nitrogens with one attached hydrogen (secondary N) is 1. The Kier molecular flexibility index (Phi) is 3.55. The van der Waals surface area contributed by atoms with Crippen LogP contribution < -0.4 is 10.2 Å². The van der Waals surface area contributed by atoms with Crippen LogP contribution in [0.3, 0.4) is 0 Å². The van der Waals surface area contributed by atoms with E-state index in [1.54, 1.807) is 0 Å². The molecule has 2 unspecified atom stereocenters. The van der Waals surface area contributed by atoms with Crippen LogP contribution in [0.4, 0.5) is 5.69 Å². The number of nitrogens with zero attached hydrogens (tertiary/aromatic N) is 2. The number of anilines is 1. The van der Waals surface area contributed by atoms with Gasteiger partial charge < -0.3 is 15.3 Å². The quantitative estimate of drug-likeness (QED) is 0.778. The Morgan fingerprint density at radius 1 is 1.44 bits per heavy atom. The highest BCUT2D eigenvalue weighted by Gasteiger charge is 2.29. The molecule has 4 nitrogen and oxygen atoms in total. The number of nitriles is 1. The number of hydrogen-bond acceptors (Lipinski definition) is 4. The van der Waals surface area contributed by atoms with Gasteiger partial charge in [0.1, 0.15) is 0 Å². The molecule has 1 aliphatic heterocycles. The summed E-state index contributed by atoms with van der Waals surface area (Å²) < 4.78 is 0. The van der Waals surface area contributed by atoms with Crippen molar-refractivity contribution in [2.75, 3.05) is 24.5 Å². The Bertz CT molecular complexity index is 447. The standard InChI is InChI=1S/C14H19N3O/c1-11-8-16-9-14(2,18)10-17(11)13-5-3-12(7-15)4-6-13/h3-6,11,16,18H,8-10H2,1-2H3. The highest BCUT2D eigenvalue weighted by Crippen LogP contribution is 2.22. The minimum Gasteiger partial charge on any atom is -0.387 e. The normalized spacial score (nSPS) is 28.6. The molecule has 0 bridgehead atoms. The van der Waals surface area contributed by atoms with Crippen molar-refractivity contribution in [1.29, 1.82) is 5.26 Å². The van der Waals surface area contributed by atoms with Crippen LogP contribution in [-0.4, -0.2) is 36.4 Å². The van der Waals surface area contributed by atoms with Crippen LogP contribution in [0, 0.1) is 11.3 Å². The largest absolute Gasteiger partial charge is 0.387 e. The molecule has 0 amide bonds. The summed E-state index contributed by atoms with van der Waals surface area (Å²) in [6, 6.07) is 9.94. The van der Waals surface area contributed by atoms with Crippen molar-refractivity contribution < 1.29 is 5.11 Å². The van der Waals surface area contributed by atoms with Gasteiger partial charge in [0, 0.05) is 31.4 Å². The van der Waals surface area contributed by atoms with E-state index in [0.29, 0.717) is 24.7 Å². The fourth-order valence-electron chi connectivity index (χ4n) is 2.31. The molecule has 0 radical (unpaired) electrons. The molecule has 1 fully saturated rings. The molecule has 2 atom stereocenters. The molecule has 96 valence electrons. The average molecular weight is 245 g/mol. The first-order chi connectivity index (χ1) is 8.52. The van der Waals surface area contributed by atoms with Crippen LogP contribution >= 0.6 is 0 Å². The van der Waals surface area contributed by atoms with Gasteiger partial charge >= 0.3 is 0 Å². The van der Waals surface area contributed by atoms with Crippen molar-refractivity contribution >= 4 is 5.69 Å². The summed E-state index contributed by atoms with van der Waals surface area (Å²) in [5, 5.41) is 22.3. The number of hydrogen-bond donors (Lipinski definition) is 2. The molecule has 2 N–H and O–H groups in total. The van der Waals surface area contributed by atoms with Gasteiger partial charge in [0.15, 0.2) is 0 Å². The van der Waals surface area contributed by atoms with E-state index in [1.807, 2.05) is 31.2 Å². The second-order valence-electron chi connectivity index (χ2n) is 5.26. The SMILES string of the molecule is CC1CNCC(C)(O)CN1c1ccc(C#N)cc1. The number of β-amino-alcohol motifs (C(OH)–C–C–N with tert-alkyl or cyclic N) is 1. The van der Waals surface area contributed by atoms with Gasteiger partial charge in [-0.1, -0.05) is 0 Å². The molecule has 0 aliphatic carbocycles. The van der Waals surface area contributed by atoms with Crippen molar-refractivity contribution in [2.24, 2.45) is 0 Å². The molecule has 1 aliphatic rings. The Balaban J connectivity index is 2.25. The number of benzene rings is 1. The second kappa shape index (κ2) is 4.97. The zero-order valence-electron chi connectivity index (χ0n) is 10.8. The van der Waals surface area contributed by atoms with E-state index in [-0.39, 0.29) is 0 Å². The van der Waals surface area contributed by atoms with Crippen molar-refractivity contribution in [3.8, 4) is 6.07 Å². The molecule has 4 heteroatoms. The van der Waals surface area contributed by atoms with Gasteiger partial charge in [0.25, 0.3) is 0 Å². The predicted molar refractivity (Wildman–Crippen MR) is 71.5 cm³/mol. The Morgan fingerprint density at radius 3 is 2.72 bits per heavy atom. The van der Waals surface area contributed by atoms with Crippen LogP contribution in [0.2, 0.25) is 0 Å². The Hall–Kier alpha value is -1.57. The molecule has 1 aromatic carbocycles. The lowest BCUT2D eigenvalue weighted by atomic mass is 10.1. The molecule has 1 aromatic rings. The Morgan fingerprint density at radius 2 is 2.11 bits per heavy atom. The molecule has 2 rings (SSSR count). The van der Waals surface area contributed by atoms with Gasteiger partial charge in [-0.2, -0.15) is 5.26 Å². The fourth-order valence-corrected chi connectivity index (χ4v) is 2.31. The van der Waals surface area contributed by atoms with E-state index >= 15 is 0 Å². The summed E-state index contributed by atoms with van der Waals surface area (Å²) >= 11 is 0. The summed E-state index contributed by atoms with van der Waals surface area (Å²) in [4.78, 5) is 2.18. The van der Waals surface area contributed by atoms with Crippen LogP contribution in [0.1, 0.15) is 19.4 Å². The van der Waals surface area contributed by atoms with Gasteiger partial charge in [0.05, 0.1) is 17.2 Å². The monoisotopic (exact) mass is 245 g/mol. The first-order valence-corrected chi connectivity index (χ1v) is 6.22. The number of aliphatic hydroxyl groups is 1. The average Bonchev–Trinajstić information content (AvgIpc) is 2.48. The van der Waals surface area contributed by atoms with E-state index in [9.17, 15) is 5.11 Å². The van der Waals surface area contributed by atoms with Gasteiger partial charge in [-0.05, 0) is 38.1 Å². The third kappa shape index (κ3) is 2.81. The lowest BCUT2D eigenvalue weighted by Crippen LogP contribution is -2.45. The minimum atomic E-state index is -0.737. The molecule has 1 heterocycles. The lowest BCUT2D eigenvalue weighted by Gasteiger charge is -2.33. The van der Waals surface area contributed by atoms with Crippen LogP contribution in [0.15, 0.2) is 24.3 Å². The van der Waals surface area contributed by atoms with E-state index in [0.717, 1.165) is 12.2 Å². The van der Waals surface area contributed by atoms with Gasteiger partial charge in [-0.15, -0.1) is 0 Å². The predicted octanol–water partition coefficient (Wildman–Crippen LogP) is 1.11. The minimum absolute atomic E-state index is 0.312. The van der Waals surface area contributed by atoms with Crippen molar-refractivity contribution in [3.63, 3.8) is 0 Å². The van der Waals surface area contributed by atoms with Crippen LogP contribution in [0.5, 0.6) is 0 Å². The molecule has 0 aromatic heterocycles. The second-order valence-corrected chi connectivity index (χ2v) is 5.26. The van der Waals surface area contributed by atoms with E-state index in [1.165, 1.54) is 0 Å². The first kappa shape index (κ1) is 12.9. The zero-order valence-corrected chi connectivity index (χ0v) is 10.8. The zero-order chi connectivity index (χ0) is 13.2. The number of rotatable bonds is 1. The summed E-state index contributed by atoms with van der Waals surface area (Å²) in [6.07, 6.45) is 0. The maximum absolute atomic E-state index is 10.2. The molecular weight excluding hydrogens is 226 g/mol. The van der Waals surface area contributed by atoms with Crippen molar-refractivity contribution in [2.45, 2.75) is 25.5 Å². The first-order valence-electron chi connectivity index (χ1n) is 6.22. The lowest BCUT2D eigenvalue weighted by molar-refractivity contribution is 0.0726. The van der Waals surface area contributed by atoms with Gasteiger partial charge in [0.2, 0.25) is 0 Å². The van der Waals surface area contributed by atoms with E-state index in [4.69, 9.17) is 5.26 Å². The van der Waals surface area contributed by atoms with Crippen LogP contribution in [0.25, 0.3) is 0 Å². The van der Waals surface area contributed by atoms with E-state index in [2.05, 4.69) is 23.2 Å². The maximum Gasteiger partial charge on any atom is 0.0991 e. The Labute approximate surface area is 108 Å². The molecule has 0 saturated carbocycles. The van der Waals surface area contributed by atoms with Gasteiger partial charge in [-0.3, -0.25) is 0 Å². The smallest absolute Gasteiger partial charge is 0.0991 e. The highest BCUT2D eigenvalue weighted by atomic mass is 16.3. The molecular formula is C14H19N3O. The van der Waals surface area contributed by atoms with E-state index < -0.39 is 5.60 Å². The van der Waals surface area contributed by atoms with Crippen LogP contribution in [-0.2, 0) is 0 Å². The summed E-state index contributed by atoms with van der Waals surface area (Å²) in [7, 11) is 0. The molecule has 0 spiro atoms. The topological polar surface area (TPSA) is 59.3 Å². The third-order valence-corrected chi connectivity index (χ3v) is 3.32. The molecule has 18 heavy (non-hydrogen) atoms. The van der Waals surface area contributed by atoms with Crippen molar-refractivity contribution in [1.82, 2.24) is 5.32 Å².